The average molecular weight is 448 g/mol. The number of methoxy groups -OCH3 is 1. The number of nitrogens with zero attached hydrogens (tertiary/aromatic N) is 1. The lowest BCUT2D eigenvalue weighted by atomic mass is 10.1. The van der Waals surface area contributed by atoms with Gasteiger partial charge in [-0.05, 0) is 29.8 Å². The summed E-state index contributed by atoms with van der Waals surface area (Å²) in [7, 11) is 1.58. The molecule has 2 aromatic rings. The Balaban J connectivity index is 1.52. The highest BCUT2D eigenvalue weighted by Gasteiger charge is 2.26. The molecular weight excluding hydrogens is 422 g/mol. The molecule has 0 aliphatic carbocycles. The fourth-order valence-electron chi connectivity index (χ4n) is 3.28. The number of amides is 2. The molecule has 1 fully saturated rings. The monoisotopic (exact) mass is 448 g/mol. The van der Waals surface area contributed by atoms with Crippen molar-refractivity contribution in [2.45, 2.75) is 26.0 Å². The highest BCUT2D eigenvalue weighted by Crippen LogP contribution is 2.24. The summed E-state index contributed by atoms with van der Waals surface area (Å²) in [6.07, 6.45) is -0.406. The molecule has 172 valence electrons. The Morgan fingerprint density at radius 3 is 2.50 bits per heavy atom. The number of hydrogen-bond donors (Lipinski definition) is 1. The second kappa shape index (κ2) is 10.9. The van der Waals surface area contributed by atoms with E-state index in [0.717, 1.165) is 23.4 Å². The molecule has 3 rings (SSSR count). The molecule has 2 amide bonds. The number of morpholine rings is 1. The first-order chi connectivity index (χ1) is 15.4. The molecular formula is C23H26F2N2O5. The van der Waals surface area contributed by atoms with Crippen molar-refractivity contribution in [3.05, 3.63) is 59.2 Å². The van der Waals surface area contributed by atoms with E-state index in [2.05, 4.69) is 5.32 Å². The summed E-state index contributed by atoms with van der Waals surface area (Å²) in [6.45, 7) is 2.70. The highest BCUT2D eigenvalue weighted by molar-refractivity contribution is 5.96. The quantitative estimate of drug-likeness (QED) is 0.625. The first-order valence-electron chi connectivity index (χ1n) is 10.3. The number of halogens is 2. The maximum Gasteiger partial charge on any atom is 0.317 e. The summed E-state index contributed by atoms with van der Waals surface area (Å²) >= 11 is 0. The van der Waals surface area contributed by atoms with Crippen LogP contribution in [0.4, 0.5) is 13.6 Å². The molecule has 1 atom stereocenters. The van der Waals surface area contributed by atoms with Gasteiger partial charge in [0.2, 0.25) is 0 Å². The zero-order valence-corrected chi connectivity index (χ0v) is 18.0. The molecule has 0 radical (unpaired) electrons. The number of benzene rings is 2. The topological polar surface area (TPSA) is 77.1 Å². The van der Waals surface area contributed by atoms with Gasteiger partial charge in [-0.15, -0.1) is 0 Å². The highest BCUT2D eigenvalue weighted by atomic mass is 19.1. The molecule has 1 saturated heterocycles. The number of Topliss-reactive ketones (excluding diaryl/α,β-unsaturated/α-hetero) is 1. The Morgan fingerprint density at radius 1 is 1.19 bits per heavy atom. The van der Waals surface area contributed by atoms with Crippen molar-refractivity contribution in [2.75, 3.05) is 33.4 Å². The molecule has 0 spiro atoms. The Morgan fingerprint density at radius 2 is 1.88 bits per heavy atom. The maximum absolute atomic E-state index is 14.2. The summed E-state index contributed by atoms with van der Waals surface area (Å²) < 4.78 is 44.4. The van der Waals surface area contributed by atoms with Crippen molar-refractivity contribution in [1.82, 2.24) is 10.2 Å². The third-order valence-corrected chi connectivity index (χ3v) is 5.08. The van der Waals surface area contributed by atoms with Crippen LogP contribution in [0.5, 0.6) is 11.5 Å². The van der Waals surface area contributed by atoms with Crippen molar-refractivity contribution in [3.63, 3.8) is 0 Å². The maximum atomic E-state index is 14.2. The van der Waals surface area contributed by atoms with Crippen LogP contribution in [0.15, 0.2) is 36.4 Å². The van der Waals surface area contributed by atoms with E-state index in [9.17, 15) is 18.4 Å². The molecule has 32 heavy (non-hydrogen) atoms. The number of hydrogen-bond acceptors (Lipinski definition) is 5. The lowest BCUT2D eigenvalue weighted by Crippen LogP contribution is -2.50. The van der Waals surface area contributed by atoms with Gasteiger partial charge in [0.25, 0.3) is 0 Å². The van der Waals surface area contributed by atoms with Crippen LogP contribution in [0.1, 0.15) is 29.3 Å². The molecule has 2 aromatic carbocycles. The van der Waals surface area contributed by atoms with E-state index in [4.69, 9.17) is 14.2 Å². The van der Waals surface area contributed by atoms with Gasteiger partial charge in [0.05, 0.1) is 20.3 Å². The fourth-order valence-corrected chi connectivity index (χ4v) is 3.28. The molecule has 0 aromatic heterocycles. The predicted octanol–water partition coefficient (Wildman–Crippen LogP) is 3.56. The minimum Gasteiger partial charge on any atom is -0.497 e. The van der Waals surface area contributed by atoms with Gasteiger partial charge in [0, 0.05) is 25.1 Å². The van der Waals surface area contributed by atoms with Crippen LogP contribution < -0.4 is 14.8 Å². The molecule has 0 saturated carbocycles. The van der Waals surface area contributed by atoms with Crippen LogP contribution in [0.25, 0.3) is 0 Å². The first-order valence-corrected chi connectivity index (χ1v) is 10.3. The van der Waals surface area contributed by atoms with E-state index >= 15 is 0 Å². The SMILES string of the molecule is CCC(=O)c1cc(F)c(OCC2CN(C(=O)NCc3ccc(OC)cc3)CCO2)c(F)c1. The van der Waals surface area contributed by atoms with Crippen LogP contribution >= 0.6 is 0 Å². The molecule has 7 nitrogen and oxygen atoms in total. The zero-order valence-electron chi connectivity index (χ0n) is 18.0. The van der Waals surface area contributed by atoms with Gasteiger partial charge >= 0.3 is 6.03 Å². The fraction of sp³-hybridized carbons (Fsp3) is 0.391. The predicted molar refractivity (Wildman–Crippen MR) is 113 cm³/mol. The molecule has 1 heterocycles. The third kappa shape index (κ3) is 5.94. The van der Waals surface area contributed by atoms with Crippen molar-refractivity contribution >= 4 is 11.8 Å². The van der Waals surface area contributed by atoms with Crippen LogP contribution in [0, 0.1) is 11.6 Å². The zero-order chi connectivity index (χ0) is 23.1. The summed E-state index contributed by atoms with van der Waals surface area (Å²) in [6, 6.07) is 9.00. The molecule has 1 aliphatic rings. The van der Waals surface area contributed by atoms with Crippen molar-refractivity contribution < 1.29 is 32.6 Å². The first kappa shape index (κ1) is 23.5. The Hall–Kier alpha value is -3.20. The number of ether oxygens (including phenoxy) is 3. The standard InChI is InChI=1S/C23H26F2N2O5/c1-3-21(28)16-10-19(24)22(20(25)11-16)32-14-18-13-27(8-9-31-18)23(29)26-12-15-4-6-17(30-2)7-5-15/h4-7,10-11,18H,3,8-9,12-14H2,1-2H3,(H,26,29). The minimum absolute atomic E-state index is 0.0385. The molecule has 9 heteroatoms. The third-order valence-electron chi connectivity index (χ3n) is 5.08. The van der Waals surface area contributed by atoms with E-state index in [-0.39, 0.29) is 43.6 Å². The van der Waals surface area contributed by atoms with Gasteiger partial charge in [0.1, 0.15) is 18.5 Å². The number of carbonyl (C=O) groups is 2. The molecule has 1 aliphatic heterocycles. The van der Waals surface area contributed by atoms with E-state index in [1.807, 2.05) is 24.3 Å². The Kier molecular flexibility index (Phi) is 7.99. The second-order valence-corrected chi connectivity index (χ2v) is 7.30. The van der Waals surface area contributed by atoms with Crippen LogP contribution in [-0.2, 0) is 11.3 Å². The molecule has 1 unspecified atom stereocenters. The van der Waals surface area contributed by atoms with Gasteiger partial charge < -0.3 is 24.4 Å². The van der Waals surface area contributed by atoms with E-state index in [1.165, 1.54) is 0 Å². The summed E-state index contributed by atoms with van der Waals surface area (Å²) in [5, 5.41) is 2.84. The van der Waals surface area contributed by atoms with Gasteiger partial charge in [-0.25, -0.2) is 13.6 Å². The summed E-state index contributed by atoms with van der Waals surface area (Å²) in [5.41, 5.74) is 0.881. The average Bonchev–Trinajstić information content (AvgIpc) is 2.81. The Bertz CT molecular complexity index is 929. The smallest absolute Gasteiger partial charge is 0.317 e. The van der Waals surface area contributed by atoms with Gasteiger partial charge in [0.15, 0.2) is 23.2 Å². The normalized spacial score (nSPS) is 15.9. The molecule has 1 N–H and O–H groups in total. The molecule has 0 bridgehead atoms. The van der Waals surface area contributed by atoms with Crippen molar-refractivity contribution in [1.29, 1.82) is 0 Å². The van der Waals surface area contributed by atoms with E-state index in [1.54, 1.807) is 18.9 Å². The lowest BCUT2D eigenvalue weighted by Gasteiger charge is -2.32. The largest absolute Gasteiger partial charge is 0.497 e. The Labute approximate surface area is 185 Å². The van der Waals surface area contributed by atoms with Crippen LogP contribution in [0.2, 0.25) is 0 Å². The van der Waals surface area contributed by atoms with Crippen molar-refractivity contribution in [3.8, 4) is 11.5 Å². The van der Waals surface area contributed by atoms with E-state index < -0.39 is 23.5 Å². The van der Waals surface area contributed by atoms with E-state index in [0.29, 0.717) is 13.1 Å². The van der Waals surface area contributed by atoms with Crippen LogP contribution in [-0.4, -0.2) is 56.2 Å². The summed E-state index contributed by atoms with van der Waals surface area (Å²) in [5.74, 6) is -2.10. The van der Waals surface area contributed by atoms with Gasteiger partial charge in [-0.1, -0.05) is 19.1 Å². The summed E-state index contributed by atoms with van der Waals surface area (Å²) in [4.78, 5) is 25.7. The van der Waals surface area contributed by atoms with Crippen LogP contribution in [0.3, 0.4) is 0 Å². The van der Waals surface area contributed by atoms with Crippen molar-refractivity contribution in [2.24, 2.45) is 0 Å². The minimum atomic E-state index is -0.952. The number of ketones is 1. The van der Waals surface area contributed by atoms with Gasteiger partial charge in [-0.3, -0.25) is 4.79 Å². The number of urea groups is 1. The van der Waals surface area contributed by atoms with Gasteiger partial charge in [-0.2, -0.15) is 0 Å². The lowest BCUT2D eigenvalue weighted by molar-refractivity contribution is -0.0363. The second-order valence-electron chi connectivity index (χ2n) is 7.30. The number of carbonyl (C=O) groups excluding carboxylic acids is 2. The number of rotatable bonds is 8. The number of nitrogens with one attached hydrogen (secondary N) is 1.